The van der Waals surface area contributed by atoms with Gasteiger partial charge < -0.3 is 9.16 Å². The lowest BCUT2D eigenvalue weighted by molar-refractivity contribution is 0.298. The molecular formula is C17H24O2Si. The second-order valence-corrected chi connectivity index (χ2v) is 10.6. The molecule has 0 radical (unpaired) electrons. The second kappa shape index (κ2) is 5.38. The largest absolute Gasteiger partial charge is 0.545 e. The molecular weight excluding hydrogens is 264 g/mol. The molecule has 1 aliphatic carbocycles. The molecule has 0 saturated carbocycles. The third-order valence-electron chi connectivity index (χ3n) is 4.96. The van der Waals surface area contributed by atoms with Crippen molar-refractivity contribution in [2.75, 3.05) is 0 Å². The molecule has 2 aliphatic rings. The van der Waals surface area contributed by atoms with E-state index in [1.54, 1.807) is 0 Å². The van der Waals surface area contributed by atoms with Crippen LogP contribution in [0.2, 0.25) is 18.1 Å². The Morgan fingerprint density at radius 2 is 1.70 bits per heavy atom. The lowest BCUT2D eigenvalue weighted by Gasteiger charge is -2.29. The van der Waals surface area contributed by atoms with E-state index in [9.17, 15) is 0 Å². The molecule has 0 N–H and O–H groups in total. The minimum Gasteiger partial charge on any atom is -0.545 e. The lowest BCUT2D eigenvalue weighted by Crippen LogP contribution is -2.36. The van der Waals surface area contributed by atoms with Gasteiger partial charge in [0.15, 0.2) is 0 Å². The van der Waals surface area contributed by atoms with Crippen molar-refractivity contribution in [3.8, 4) is 0 Å². The summed E-state index contributed by atoms with van der Waals surface area (Å²) in [6.45, 7) is 6.82. The highest BCUT2D eigenvalue weighted by molar-refractivity contribution is 6.73. The smallest absolute Gasteiger partial charge is 0.250 e. The van der Waals surface area contributed by atoms with Crippen LogP contribution in [-0.4, -0.2) is 20.5 Å². The van der Waals surface area contributed by atoms with E-state index in [2.05, 4.69) is 57.2 Å². The third-order valence-corrected chi connectivity index (χ3v) is 9.49. The molecule has 108 valence electrons. The molecule has 0 spiro atoms. The zero-order chi connectivity index (χ0) is 14.2. The van der Waals surface area contributed by atoms with Crippen molar-refractivity contribution in [2.45, 2.75) is 57.0 Å². The first-order valence-corrected chi connectivity index (χ1v) is 10.4. The minimum atomic E-state index is -1.58. The predicted molar refractivity (Wildman–Crippen MR) is 84.2 cm³/mol. The van der Waals surface area contributed by atoms with Crippen LogP contribution in [0, 0.1) is 0 Å². The van der Waals surface area contributed by atoms with Crippen LogP contribution in [0.1, 0.15) is 32.3 Å². The predicted octanol–water partition coefficient (Wildman–Crippen LogP) is 4.46. The molecule has 1 fully saturated rings. The Hall–Kier alpha value is -1.06. The third kappa shape index (κ3) is 2.33. The maximum atomic E-state index is 6.53. The maximum absolute atomic E-state index is 6.53. The fourth-order valence-corrected chi connectivity index (χ4v) is 5.88. The van der Waals surface area contributed by atoms with E-state index in [-0.39, 0.29) is 6.10 Å². The minimum absolute atomic E-state index is 0.233. The van der Waals surface area contributed by atoms with Crippen LogP contribution in [0.3, 0.4) is 0 Å². The molecule has 1 aromatic carbocycles. The Labute approximate surface area is 122 Å². The van der Waals surface area contributed by atoms with Gasteiger partial charge in [0, 0.05) is 5.92 Å². The van der Waals surface area contributed by atoms with Gasteiger partial charge in [0.2, 0.25) is 8.32 Å². The summed E-state index contributed by atoms with van der Waals surface area (Å²) in [6, 6.07) is 14.2. The number of hydrogen-bond acceptors (Lipinski definition) is 2. The monoisotopic (exact) mass is 288 g/mol. The Bertz CT molecular complexity index is 485. The van der Waals surface area contributed by atoms with E-state index in [0.717, 1.165) is 5.76 Å². The normalized spacial score (nSPS) is 27.9. The Morgan fingerprint density at radius 3 is 2.30 bits per heavy atom. The number of hydrogen-bond donors (Lipinski definition) is 0. The standard InChI is InChI=1S/C17H24O2Si/c1-4-20(5-2,6-3)19-15-12-14(16-17(15)18-16)13-10-8-7-9-11-13/h7-12,14,16-17H,4-6H2,1-3H3/t14-,16-,17+/m0/s1. The Balaban J connectivity index is 1.79. The van der Waals surface area contributed by atoms with Gasteiger partial charge in [0.1, 0.15) is 18.0 Å². The average Bonchev–Trinajstić information content (AvgIpc) is 3.23. The fourth-order valence-electron chi connectivity index (χ4n) is 3.26. The average molecular weight is 288 g/mol. The number of benzene rings is 1. The maximum Gasteiger partial charge on any atom is 0.250 e. The summed E-state index contributed by atoms with van der Waals surface area (Å²) < 4.78 is 12.4. The lowest BCUT2D eigenvalue weighted by atomic mass is 9.98. The van der Waals surface area contributed by atoms with Gasteiger partial charge in [-0.3, -0.25) is 0 Å². The first-order chi connectivity index (χ1) is 9.73. The van der Waals surface area contributed by atoms with Crippen LogP contribution >= 0.6 is 0 Å². The van der Waals surface area contributed by atoms with Gasteiger partial charge in [0.05, 0.1) is 0 Å². The second-order valence-electron chi connectivity index (χ2n) is 5.87. The summed E-state index contributed by atoms with van der Waals surface area (Å²) in [7, 11) is -1.58. The summed E-state index contributed by atoms with van der Waals surface area (Å²) in [5, 5.41) is 0. The van der Waals surface area contributed by atoms with E-state index in [1.807, 2.05) is 0 Å². The van der Waals surface area contributed by atoms with Crippen LogP contribution in [0.4, 0.5) is 0 Å². The quantitative estimate of drug-likeness (QED) is 0.569. The molecule has 20 heavy (non-hydrogen) atoms. The van der Waals surface area contributed by atoms with Crippen LogP contribution in [0.15, 0.2) is 42.2 Å². The number of fused-ring (bicyclic) bond motifs is 1. The molecule has 0 bridgehead atoms. The highest BCUT2D eigenvalue weighted by Crippen LogP contribution is 2.49. The highest BCUT2D eigenvalue weighted by atomic mass is 28.4. The van der Waals surface area contributed by atoms with Gasteiger partial charge in [-0.1, -0.05) is 51.1 Å². The van der Waals surface area contributed by atoms with Crippen molar-refractivity contribution in [2.24, 2.45) is 0 Å². The van der Waals surface area contributed by atoms with Gasteiger partial charge in [0.25, 0.3) is 0 Å². The first kappa shape index (κ1) is 13.9. The van der Waals surface area contributed by atoms with E-state index in [1.165, 1.54) is 23.7 Å². The molecule has 0 amide bonds. The van der Waals surface area contributed by atoms with Crippen molar-refractivity contribution in [3.05, 3.63) is 47.7 Å². The molecule has 2 nitrogen and oxygen atoms in total. The van der Waals surface area contributed by atoms with Crippen LogP contribution in [0.25, 0.3) is 0 Å². The summed E-state index contributed by atoms with van der Waals surface area (Å²) in [6.07, 6.45) is 2.87. The van der Waals surface area contributed by atoms with Crippen molar-refractivity contribution in [3.63, 3.8) is 0 Å². The van der Waals surface area contributed by atoms with Crippen molar-refractivity contribution in [1.82, 2.24) is 0 Å². The van der Waals surface area contributed by atoms with Gasteiger partial charge >= 0.3 is 0 Å². The van der Waals surface area contributed by atoms with E-state index < -0.39 is 8.32 Å². The van der Waals surface area contributed by atoms with Crippen molar-refractivity contribution < 1.29 is 9.16 Å². The summed E-state index contributed by atoms with van der Waals surface area (Å²) >= 11 is 0. The van der Waals surface area contributed by atoms with Crippen LogP contribution in [-0.2, 0) is 9.16 Å². The Kier molecular flexibility index (Phi) is 3.74. The van der Waals surface area contributed by atoms with Crippen LogP contribution in [0.5, 0.6) is 0 Å². The fraction of sp³-hybridized carbons (Fsp3) is 0.529. The number of rotatable bonds is 6. The van der Waals surface area contributed by atoms with Gasteiger partial charge in [-0.05, 0) is 29.8 Å². The zero-order valence-corrected chi connectivity index (χ0v) is 13.6. The number of ether oxygens (including phenoxy) is 1. The topological polar surface area (TPSA) is 21.8 Å². The molecule has 3 atom stereocenters. The van der Waals surface area contributed by atoms with E-state index >= 15 is 0 Å². The van der Waals surface area contributed by atoms with Crippen molar-refractivity contribution >= 4 is 8.32 Å². The molecule has 0 aromatic heterocycles. The van der Waals surface area contributed by atoms with Gasteiger partial charge in [-0.15, -0.1) is 0 Å². The Morgan fingerprint density at radius 1 is 1.05 bits per heavy atom. The summed E-state index contributed by atoms with van der Waals surface area (Å²) in [5.41, 5.74) is 1.34. The van der Waals surface area contributed by atoms with Gasteiger partial charge in [-0.25, -0.2) is 0 Å². The molecule has 1 aliphatic heterocycles. The van der Waals surface area contributed by atoms with E-state index in [4.69, 9.17) is 9.16 Å². The molecule has 1 saturated heterocycles. The SMILES string of the molecule is CC[Si](CC)(CC)OC1=C[C@@H](c2ccccc2)[C@@H]2O[C@H]12. The molecule has 1 aromatic rings. The highest BCUT2D eigenvalue weighted by Gasteiger charge is 2.54. The molecule has 3 rings (SSSR count). The number of epoxide rings is 1. The van der Waals surface area contributed by atoms with E-state index in [0.29, 0.717) is 12.0 Å². The first-order valence-electron chi connectivity index (χ1n) is 7.84. The zero-order valence-electron chi connectivity index (χ0n) is 12.6. The molecule has 1 heterocycles. The summed E-state index contributed by atoms with van der Waals surface area (Å²) in [5.74, 6) is 1.51. The van der Waals surface area contributed by atoms with Crippen molar-refractivity contribution in [1.29, 1.82) is 0 Å². The summed E-state index contributed by atoms with van der Waals surface area (Å²) in [4.78, 5) is 0. The van der Waals surface area contributed by atoms with Crippen LogP contribution < -0.4 is 0 Å². The van der Waals surface area contributed by atoms with Gasteiger partial charge in [-0.2, -0.15) is 0 Å². The molecule has 0 unspecified atom stereocenters. The molecule has 3 heteroatoms.